The summed E-state index contributed by atoms with van der Waals surface area (Å²) in [6.45, 7) is 2.54. The highest BCUT2D eigenvalue weighted by Gasteiger charge is 2.25. The molecule has 1 heterocycles. The lowest BCUT2D eigenvalue weighted by atomic mass is 10.1. The third-order valence-corrected chi connectivity index (χ3v) is 5.12. The Morgan fingerprint density at radius 3 is 2.68 bits per heavy atom. The van der Waals surface area contributed by atoms with E-state index in [1.165, 1.54) is 12.7 Å². The molecule has 1 aliphatic heterocycles. The van der Waals surface area contributed by atoms with E-state index in [-0.39, 0.29) is 30.7 Å². The molecule has 0 aromatic heterocycles. The van der Waals surface area contributed by atoms with E-state index in [0.717, 1.165) is 25.9 Å². The summed E-state index contributed by atoms with van der Waals surface area (Å²) in [7, 11) is 1.51. The summed E-state index contributed by atoms with van der Waals surface area (Å²) in [5.74, 6) is 0.229. The van der Waals surface area contributed by atoms with Crippen LogP contribution in [0.5, 0.6) is 5.75 Å². The van der Waals surface area contributed by atoms with Gasteiger partial charge in [0.15, 0.2) is 0 Å². The first-order valence-electron chi connectivity index (χ1n) is 8.77. The number of nitrogen functional groups attached to an aromatic ring is 1. The molecule has 1 fully saturated rings. The number of benzene rings is 2. The van der Waals surface area contributed by atoms with Crippen molar-refractivity contribution < 1.29 is 9.53 Å². The molecule has 1 aliphatic rings. The number of amides is 1. The lowest BCUT2D eigenvalue weighted by molar-refractivity contribution is 0.0937. The number of hydrogen-bond donors (Lipinski definition) is 2. The molecule has 8 heteroatoms. The number of carbonyl (C=O) groups is 1. The van der Waals surface area contributed by atoms with E-state index in [4.69, 9.17) is 22.1 Å². The zero-order valence-electron chi connectivity index (χ0n) is 15.7. The number of nitrogens with zero attached hydrogens (tertiary/aromatic N) is 1. The highest BCUT2D eigenvalue weighted by atomic mass is 35.5. The van der Waals surface area contributed by atoms with Gasteiger partial charge < -0.3 is 15.8 Å². The van der Waals surface area contributed by atoms with Crippen molar-refractivity contribution in [3.8, 4) is 5.75 Å². The molecule has 2 aromatic carbocycles. The number of nitrogens with two attached hydrogens (primary N) is 1. The van der Waals surface area contributed by atoms with E-state index >= 15 is 0 Å². The van der Waals surface area contributed by atoms with Crippen LogP contribution in [0.25, 0.3) is 0 Å². The Bertz CT molecular complexity index is 775. The molecular weight excluding hydrogens is 421 g/mol. The van der Waals surface area contributed by atoms with Crippen LogP contribution in [0.3, 0.4) is 0 Å². The Morgan fingerprint density at radius 1 is 1.29 bits per heavy atom. The fraction of sp³-hybridized carbons (Fsp3) is 0.350. The van der Waals surface area contributed by atoms with Gasteiger partial charge in [-0.2, -0.15) is 0 Å². The number of nitrogens with one attached hydrogen (secondary N) is 1. The minimum Gasteiger partial charge on any atom is -0.496 e. The van der Waals surface area contributed by atoms with E-state index in [0.29, 0.717) is 34.6 Å². The highest BCUT2D eigenvalue weighted by Crippen LogP contribution is 2.29. The fourth-order valence-corrected chi connectivity index (χ4v) is 3.54. The van der Waals surface area contributed by atoms with Gasteiger partial charge in [-0.3, -0.25) is 9.69 Å². The van der Waals surface area contributed by atoms with Crippen molar-refractivity contribution in [2.75, 3.05) is 25.9 Å². The second-order valence-electron chi connectivity index (χ2n) is 6.54. The van der Waals surface area contributed by atoms with Crippen molar-refractivity contribution in [3.63, 3.8) is 0 Å². The van der Waals surface area contributed by atoms with Crippen molar-refractivity contribution in [3.05, 3.63) is 58.6 Å². The standard InChI is InChI=1S/C20H24ClN3O2.2ClH/c1-26-19-11-18(22)17(21)10-16(19)20(25)23-12-15-8-5-9-24(15)13-14-6-3-2-4-7-14;;/h2-4,6-7,10-11,15H,5,8-9,12-13,22H2,1H3,(H,23,25);2*1H. The Morgan fingerprint density at radius 2 is 2.00 bits per heavy atom. The smallest absolute Gasteiger partial charge is 0.255 e. The van der Waals surface area contributed by atoms with Crippen molar-refractivity contribution in [2.45, 2.75) is 25.4 Å². The van der Waals surface area contributed by atoms with Crippen LogP contribution in [0.1, 0.15) is 28.8 Å². The summed E-state index contributed by atoms with van der Waals surface area (Å²) in [5.41, 5.74) is 7.87. The fourth-order valence-electron chi connectivity index (χ4n) is 3.37. The van der Waals surface area contributed by atoms with E-state index in [1.807, 2.05) is 6.07 Å². The zero-order chi connectivity index (χ0) is 18.5. The Balaban J connectivity index is 0.00000196. The van der Waals surface area contributed by atoms with Gasteiger partial charge in [0.25, 0.3) is 5.91 Å². The van der Waals surface area contributed by atoms with E-state index in [2.05, 4.69) is 34.5 Å². The van der Waals surface area contributed by atoms with Crippen LogP contribution in [0, 0.1) is 0 Å². The van der Waals surface area contributed by atoms with Crippen LogP contribution >= 0.6 is 36.4 Å². The van der Waals surface area contributed by atoms with E-state index < -0.39 is 0 Å². The molecule has 0 saturated carbocycles. The molecule has 28 heavy (non-hydrogen) atoms. The number of hydrogen-bond acceptors (Lipinski definition) is 4. The topological polar surface area (TPSA) is 67.6 Å². The molecule has 1 saturated heterocycles. The molecule has 3 rings (SSSR count). The number of methoxy groups -OCH3 is 1. The molecule has 0 spiro atoms. The maximum absolute atomic E-state index is 12.6. The molecule has 1 amide bonds. The number of halogens is 3. The van der Waals surface area contributed by atoms with Gasteiger partial charge in [-0.1, -0.05) is 41.9 Å². The van der Waals surface area contributed by atoms with Crippen LogP contribution in [-0.4, -0.2) is 37.0 Å². The molecule has 3 N–H and O–H groups in total. The molecule has 2 aromatic rings. The van der Waals surface area contributed by atoms with Gasteiger partial charge in [-0.05, 0) is 31.0 Å². The second-order valence-corrected chi connectivity index (χ2v) is 6.94. The lowest BCUT2D eigenvalue weighted by Gasteiger charge is -2.25. The third-order valence-electron chi connectivity index (χ3n) is 4.79. The van der Waals surface area contributed by atoms with Crippen LogP contribution in [0.4, 0.5) is 5.69 Å². The molecule has 5 nitrogen and oxygen atoms in total. The molecule has 0 bridgehead atoms. The van der Waals surface area contributed by atoms with Gasteiger partial charge in [-0.25, -0.2) is 0 Å². The first-order chi connectivity index (χ1) is 12.6. The quantitative estimate of drug-likeness (QED) is 0.654. The second kappa shape index (κ2) is 11.4. The summed E-state index contributed by atoms with van der Waals surface area (Å²) >= 11 is 6.06. The first-order valence-corrected chi connectivity index (χ1v) is 9.15. The Kier molecular flexibility index (Phi) is 9.90. The van der Waals surface area contributed by atoms with Crippen molar-refractivity contribution in [2.24, 2.45) is 0 Å². The van der Waals surface area contributed by atoms with Gasteiger partial charge in [0.1, 0.15) is 5.75 Å². The summed E-state index contributed by atoms with van der Waals surface area (Å²) in [6.07, 6.45) is 2.22. The van der Waals surface area contributed by atoms with Crippen LogP contribution in [0.2, 0.25) is 5.02 Å². The first kappa shape index (κ1) is 24.4. The lowest BCUT2D eigenvalue weighted by Crippen LogP contribution is -2.39. The predicted molar refractivity (Wildman–Crippen MR) is 119 cm³/mol. The predicted octanol–water partition coefficient (Wildman–Crippen LogP) is 4.17. The Hall–Kier alpha value is -1.66. The van der Waals surface area contributed by atoms with Gasteiger partial charge >= 0.3 is 0 Å². The number of rotatable bonds is 6. The van der Waals surface area contributed by atoms with Crippen LogP contribution in [-0.2, 0) is 6.54 Å². The SMILES string of the molecule is COc1cc(N)c(Cl)cc1C(=O)NCC1CCCN1Cc1ccccc1.Cl.Cl. The van der Waals surface area contributed by atoms with Gasteiger partial charge in [0, 0.05) is 25.2 Å². The molecule has 1 atom stereocenters. The molecule has 0 radical (unpaired) electrons. The van der Waals surface area contributed by atoms with Gasteiger partial charge in [0.2, 0.25) is 0 Å². The number of carbonyl (C=O) groups excluding carboxylic acids is 1. The molecule has 0 aliphatic carbocycles. The summed E-state index contributed by atoms with van der Waals surface area (Å²) < 4.78 is 5.26. The summed E-state index contributed by atoms with van der Waals surface area (Å²) in [4.78, 5) is 15.0. The van der Waals surface area contributed by atoms with Gasteiger partial charge in [-0.15, -0.1) is 24.8 Å². The Labute approximate surface area is 183 Å². The highest BCUT2D eigenvalue weighted by molar-refractivity contribution is 6.33. The van der Waals surface area contributed by atoms with Crippen molar-refractivity contribution >= 4 is 48.0 Å². The third kappa shape index (κ3) is 5.92. The van der Waals surface area contributed by atoms with E-state index in [1.54, 1.807) is 12.1 Å². The molecular formula is C20H26Cl3N3O2. The van der Waals surface area contributed by atoms with Crippen molar-refractivity contribution in [1.82, 2.24) is 10.2 Å². The van der Waals surface area contributed by atoms with Crippen LogP contribution < -0.4 is 15.8 Å². The van der Waals surface area contributed by atoms with Gasteiger partial charge in [0.05, 0.1) is 23.4 Å². The van der Waals surface area contributed by atoms with Crippen LogP contribution in [0.15, 0.2) is 42.5 Å². The maximum Gasteiger partial charge on any atom is 0.255 e. The minimum atomic E-state index is -0.199. The summed E-state index contributed by atoms with van der Waals surface area (Å²) in [5, 5.41) is 3.37. The summed E-state index contributed by atoms with van der Waals surface area (Å²) in [6, 6.07) is 13.9. The number of anilines is 1. The zero-order valence-corrected chi connectivity index (χ0v) is 18.1. The number of ether oxygens (including phenoxy) is 1. The van der Waals surface area contributed by atoms with Crippen molar-refractivity contribution in [1.29, 1.82) is 0 Å². The van der Waals surface area contributed by atoms with E-state index in [9.17, 15) is 4.79 Å². The monoisotopic (exact) mass is 445 g/mol. The molecule has 1 unspecified atom stereocenters. The molecule has 154 valence electrons. The normalized spacial score (nSPS) is 16.0. The average Bonchev–Trinajstić information content (AvgIpc) is 3.09. The minimum absolute atomic E-state index is 0. The maximum atomic E-state index is 12.6. The average molecular weight is 447 g/mol. The largest absolute Gasteiger partial charge is 0.496 e. The number of likely N-dealkylation sites (tertiary alicyclic amines) is 1.